The van der Waals surface area contributed by atoms with Gasteiger partial charge in [0, 0.05) is 12.2 Å². The van der Waals surface area contributed by atoms with Gasteiger partial charge in [-0.2, -0.15) is 0 Å². The van der Waals surface area contributed by atoms with Crippen LogP contribution in [0.15, 0.2) is 23.6 Å². The molecule has 0 fully saturated rings. The molecule has 0 spiro atoms. The average molecular weight is 283 g/mol. The Hall–Kier alpha value is -2.68. The van der Waals surface area contributed by atoms with Crippen molar-refractivity contribution in [1.82, 2.24) is 5.32 Å². The summed E-state index contributed by atoms with van der Waals surface area (Å²) in [6, 6.07) is 0.374. The van der Waals surface area contributed by atoms with Gasteiger partial charge in [0.2, 0.25) is 5.91 Å². The van der Waals surface area contributed by atoms with Gasteiger partial charge in [0.05, 0.1) is 5.56 Å². The Bertz CT molecular complexity index is 563. The zero-order chi connectivity index (χ0) is 14.4. The molecule has 100 valence electrons. The van der Waals surface area contributed by atoms with Gasteiger partial charge in [-0.3, -0.25) is 14.9 Å². The lowest BCUT2D eigenvalue weighted by molar-refractivity contribution is -0.131. The van der Waals surface area contributed by atoms with Crippen LogP contribution in [0, 0.1) is 0 Å². The molecule has 0 unspecified atom stereocenters. The molecule has 0 radical (unpaired) electrons. The van der Waals surface area contributed by atoms with Crippen molar-refractivity contribution >= 4 is 40.2 Å². The van der Waals surface area contributed by atoms with E-state index in [-0.39, 0.29) is 10.6 Å². The number of rotatable bonds is 4. The Morgan fingerprint density at radius 1 is 1.26 bits per heavy atom. The lowest BCUT2D eigenvalue weighted by Gasteiger charge is -2.03. The van der Waals surface area contributed by atoms with E-state index in [0.717, 1.165) is 17.4 Å². The van der Waals surface area contributed by atoms with E-state index in [1.165, 1.54) is 11.4 Å². The predicted octanol–water partition coefficient (Wildman–Crippen LogP) is 0.136. The standard InChI is InChI=1S/C10H9N3O5S/c11-10(18)13-8(17)5-3-4-19-9(5)12-6(14)1-2-7(15)16/h1-4H,(H,12,14)(H,15,16)(H3,11,13,17,18)/b2-1+. The largest absolute Gasteiger partial charge is 0.478 e. The van der Waals surface area contributed by atoms with Crippen molar-refractivity contribution in [2.45, 2.75) is 0 Å². The third-order valence-corrected chi connectivity index (χ3v) is 2.59. The zero-order valence-corrected chi connectivity index (χ0v) is 10.2. The number of urea groups is 1. The first-order chi connectivity index (χ1) is 8.90. The summed E-state index contributed by atoms with van der Waals surface area (Å²) in [5, 5.41) is 14.2. The van der Waals surface area contributed by atoms with Crippen LogP contribution in [0.3, 0.4) is 0 Å². The molecule has 0 aliphatic rings. The molecule has 0 aliphatic heterocycles. The molecule has 0 saturated heterocycles. The van der Waals surface area contributed by atoms with Crippen molar-refractivity contribution in [1.29, 1.82) is 0 Å². The van der Waals surface area contributed by atoms with Crippen LogP contribution in [0.1, 0.15) is 10.4 Å². The Morgan fingerprint density at radius 2 is 1.95 bits per heavy atom. The van der Waals surface area contributed by atoms with Gasteiger partial charge < -0.3 is 16.2 Å². The van der Waals surface area contributed by atoms with Crippen LogP contribution >= 0.6 is 11.3 Å². The predicted molar refractivity (Wildman–Crippen MR) is 66.8 cm³/mol. The highest BCUT2D eigenvalue weighted by atomic mass is 32.1. The molecule has 0 bridgehead atoms. The van der Waals surface area contributed by atoms with E-state index < -0.39 is 23.8 Å². The summed E-state index contributed by atoms with van der Waals surface area (Å²) >= 11 is 1.04. The Labute approximate surface area is 110 Å². The maximum absolute atomic E-state index is 11.5. The third-order valence-electron chi connectivity index (χ3n) is 1.76. The van der Waals surface area contributed by atoms with Gasteiger partial charge in [-0.15, -0.1) is 11.3 Å². The van der Waals surface area contributed by atoms with Gasteiger partial charge in [-0.05, 0) is 11.4 Å². The molecule has 0 aliphatic carbocycles. The summed E-state index contributed by atoms with van der Waals surface area (Å²) in [6.07, 6.45) is 1.46. The van der Waals surface area contributed by atoms with Crippen LogP contribution in [0.5, 0.6) is 0 Å². The van der Waals surface area contributed by atoms with E-state index in [0.29, 0.717) is 6.08 Å². The van der Waals surface area contributed by atoms with Crippen molar-refractivity contribution in [3.63, 3.8) is 0 Å². The Balaban J connectivity index is 2.78. The van der Waals surface area contributed by atoms with Crippen LogP contribution < -0.4 is 16.4 Å². The molecule has 9 heteroatoms. The van der Waals surface area contributed by atoms with Crippen molar-refractivity contribution in [2.75, 3.05) is 5.32 Å². The van der Waals surface area contributed by atoms with Crippen LogP contribution in [0.4, 0.5) is 9.80 Å². The van der Waals surface area contributed by atoms with Crippen LogP contribution in [-0.2, 0) is 9.59 Å². The molecule has 8 nitrogen and oxygen atoms in total. The van der Waals surface area contributed by atoms with E-state index in [2.05, 4.69) is 5.32 Å². The SMILES string of the molecule is NC(=O)NC(=O)c1ccsc1NC(=O)/C=C/C(=O)O. The summed E-state index contributed by atoms with van der Waals surface area (Å²) in [4.78, 5) is 43.6. The molecule has 5 N–H and O–H groups in total. The molecule has 4 amide bonds. The van der Waals surface area contributed by atoms with Crippen molar-refractivity contribution in [2.24, 2.45) is 5.73 Å². The smallest absolute Gasteiger partial charge is 0.328 e. The molecular weight excluding hydrogens is 274 g/mol. The van der Waals surface area contributed by atoms with Crippen molar-refractivity contribution < 1.29 is 24.3 Å². The molecule has 0 atom stereocenters. The maximum Gasteiger partial charge on any atom is 0.328 e. The number of nitrogens with two attached hydrogens (primary N) is 1. The lowest BCUT2D eigenvalue weighted by Crippen LogP contribution is -2.35. The van der Waals surface area contributed by atoms with Crippen molar-refractivity contribution in [3.8, 4) is 0 Å². The molecule has 0 saturated carbocycles. The molecule has 1 aromatic rings. The topological polar surface area (TPSA) is 139 Å². The minimum absolute atomic E-state index is 0.0564. The highest BCUT2D eigenvalue weighted by Crippen LogP contribution is 2.23. The molecule has 0 aromatic carbocycles. The number of amides is 4. The lowest BCUT2D eigenvalue weighted by atomic mass is 10.3. The number of thiophene rings is 1. The summed E-state index contributed by atoms with van der Waals surface area (Å²) in [5.74, 6) is -2.74. The Morgan fingerprint density at radius 3 is 2.53 bits per heavy atom. The fourth-order valence-electron chi connectivity index (χ4n) is 1.06. The number of anilines is 1. The zero-order valence-electron chi connectivity index (χ0n) is 9.38. The molecule has 1 rings (SSSR count). The number of imide groups is 1. The van der Waals surface area contributed by atoms with E-state index in [4.69, 9.17) is 10.8 Å². The third kappa shape index (κ3) is 4.60. The van der Waals surface area contributed by atoms with Gasteiger partial charge in [0.15, 0.2) is 0 Å². The Kier molecular flexibility index (Phi) is 4.77. The first-order valence-corrected chi connectivity index (χ1v) is 5.68. The monoisotopic (exact) mass is 283 g/mol. The molecule has 1 aromatic heterocycles. The number of carboxylic acid groups (broad SMARTS) is 1. The summed E-state index contributed by atoms with van der Waals surface area (Å²) in [5.41, 5.74) is 4.86. The molecule has 1 heterocycles. The average Bonchev–Trinajstić information content (AvgIpc) is 2.73. The quantitative estimate of drug-likeness (QED) is 0.582. The minimum atomic E-state index is -1.27. The first kappa shape index (κ1) is 14.4. The molecular formula is C10H9N3O5S. The van der Waals surface area contributed by atoms with E-state index >= 15 is 0 Å². The van der Waals surface area contributed by atoms with Crippen LogP contribution in [0.25, 0.3) is 0 Å². The summed E-state index contributed by atoms with van der Waals surface area (Å²) in [6.45, 7) is 0. The van der Waals surface area contributed by atoms with Crippen LogP contribution in [-0.4, -0.2) is 28.9 Å². The van der Waals surface area contributed by atoms with Gasteiger partial charge in [0.1, 0.15) is 5.00 Å². The number of nitrogens with one attached hydrogen (secondary N) is 2. The highest BCUT2D eigenvalue weighted by Gasteiger charge is 2.15. The van der Waals surface area contributed by atoms with Crippen LogP contribution in [0.2, 0.25) is 0 Å². The summed E-state index contributed by atoms with van der Waals surface area (Å²) < 4.78 is 0. The second-order valence-electron chi connectivity index (χ2n) is 3.14. The number of primary amides is 1. The fourth-order valence-corrected chi connectivity index (χ4v) is 1.85. The first-order valence-electron chi connectivity index (χ1n) is 4.80. The van der Waals surface area contributed by atoms with E-state index in [9.17, 15) is 19.2 Å². The summed E-state index contributed by atoms with van der Waals surface area (Å²) in [7, 11) is 0. The second-order valence-corrected chi connectivity index (χ2v) is 4.06. The van der Waals surface area contributed by atoms with E-state index in [1.54, 1.807) is 0 Å². The number of hydrogen-bond donors (Lipinski definition) is 4. The number of carbonyl (C=O) groups excluding carboxylic acids is 3. The second kappa shape index (κ2) is 6.31. The van der Waals surface area contributed by atoms with E-state index in [1.807, 2.05) is 5.32 Å². The number of carbonyl (C=O) groups is 4. The van der Waals surface area contributed by atoms with Crippen molar-refractivity contribution in [3.05, 3.63) is 29.2 Å². The fraction of sp³-hybridized carbons (Fsp3) is 0. The number of aliphatic carboxylic acids is 1. The highest BCUT2D eigenvalue weighted by molar-refractivity contribution is 7.14. The van der Waals surface area contributed by atoms with Gasteiger partial charge in [-0.25, -0.2) is 9.59 Å². The molecule has 19 heavy (non-hydrogen) atoms. The van der Waals surface area contributed by atoms with Gasteiger partial charge in [-0.1, -0.05) is 0 Å². The normalized spacial score (nSPS) is 10.1. The maximum atomic E-state index is 11.5. The number of carboxylic acids is 1. The van der Waals surface area contributed by atoms with Gasteiger partial charge in [0.25, 0.3) is 5.91 Å². The van der Waals surface area contributed by atoms with Gasteiger partial charge >= 0.3 is 12.0 Å². The minimum Gasteiger partial charge on any atom is -0.478 e. The number of hydrogen-bond acceptors (Lipinski definition) is 5.